The number of ether oxygens (including phenoxy) is 1. The van der Waals surface area contributed by atoms with E-state index in [9.17, 15) is 4.79 Å². The molecule has 1 aromatic rings. The zero-order valence-corrected chi connectivity index (χ0v) is 13.3. The lowest BCUT2D eigenvalue weighted by atomic mass is 9.94. The Hall–Kier alpha value is -1.81. The second kappa shape index (κ2) is 7.84. The van der Waals surface area contributed by atoms with Crippen LogP contribution in [0.1, 0.15) is 39.2 Å². The zero-order valence-electron chi connectivity index (χ0n) is 13.3. The van der Waals surface area contributed by atoms with Gasteiger partial charge in [-0.05, 0) is 38.3 Å². The third-order valence-corrected chi connectivity index (χ3v) is 3.75. The standard InChI is InChI=1S/C17H25NO3/c1-5-17(3,10-11-19)18-16(20)12-13(2)14-8-6-7-9-15(14)21-4/h6-9,12,19H,5,10-11H2,1-4H3,(H,18,20)/b13-12-. The van der Waals surface area contributed by atoms with Gasteiger partial charge < -0.3 is 15.2 Å². The molecule has 0 radical (unpaired) electrons. The molecular formula is C17H25NO3. The van der Waals surface area contributed by atoms with Gasteiger partial charge in [0.1, 0.15) is 5.75 Å². The lowest BCUT2D eigenvalue weighted by Crippen LogP contribution is -2.45. The van der Waals surface area contributed by atoms with Gasteiger partial charge in [0, 0.05) is 23.8 Å². The Morgan fingerprint density at radius 1 is 1.43 bits per heavy atom. The molecule has 0 aliphatic heterocycles. The van der Waals surface area contributed by atoms with Crippen LogP contribution < -0.4 is 10.1 Å². The fourth-order valence-electron chi connectivity index (χ4n) is 2.15. The first-order valence-corrected chi connectivity index (χ1v) is 7.20. The molecule has 4 nitrogen and oxygen atoms in total. The smallest absolute Gasteiger partial charge is 0.244 e. The fourth-order valence-corrected chi connectivity index (χ4v) is 2.15. The van der Waals surface area contributed by atoms with E-state index in [1.165, 1.54) is 0 Å². The van der Waals surface area contributed by atoms with Crippen molar-refractivity contribution < 1.29 is 14.6 Å². The highest BCUT2D eigenvalue weighted by molar-refractivity contribution is 5.95. The SMILES string of the molecule is CCC(C)(CCO)NC(=O)/C=C(/C)c1ccccc1OC. The molecule has 0 fully saturated rings. The topological polar surface area (TPSA) is 58.6 Å². The summed E-state index contributed by atoms with van der Waals surface area (Å²) >= 11 is 0. The van der Waals surface area contributed by atoms with E-state index >= 15 is 0 Å². The quantitative estimate of drug-likeness (QED) is 0.759. The van der Waals surface area contributed by atoms with Crippen LogP contribution in [0, 0.1) is 0 Å². The van der Waals surface area contributed by atoms with Crippen molar-refractivity contribution in [2.24, 2.45) is 0 Å². The fraction of sp³-hybridized carbons (Fsp3) is 0.471. The number of allylic oxidation sites excluding steroid dienone is 1. The lowest BCUT2D eigenvalue weighted by Gasteiger charge is -2.28. The molecule has 0 aliphatic rings. The second-order valence-corrected chi connectivity index (χ2v) is 5.40. The summed E-state index contributed by atoms with van der Waals surface area (Å²) in [5.41, 5.74) is 1.35. The molecule has 1 aromatic carbocycles. The summed E-state index contributed by atoms with van der Waals surface area (Å²) in [6.07, 6.45) is 2.88. The molecular weight excluding hydrogens is 266 g/mol. The molecule has 0 aromatic heterocycles. The van der Waals surface area contributed by atoms with Crippen LogP contribution in [0.25, 0.3) is 5.57 Å². The molecule has 1 atom stereocenters. The number of para-hydroxylation sites is 1. The summed E-state index contributed by atoms with van der Waals surface area (Å²) in [5.74, 6) is 0.587. The predicted octanol–water partition coefficient (Wildman–Crippen LogP) is 2.77. The van der Waals surface area contributed by atoms with Crippen LogP contribution in [0.5, 0.6) is 5.75 Å². The Labute approximate surface area is 126 Å². The van der Waals surface area contributed by atoms with E-state index in [0.717, 1.165) is 23.3 Å². The van der Waals surface area contributed by atoms with E-state index in [1.54, 1.807) is 13.2 Å². The van der Waals surface area contributed by atoms with Crippen molar-refractivity contribution in [1.82, 2.24) is 5.32 Å². The molecule has 0 aliphatic carbocycles. The van der Waals surface area contributed by atoms with Crippen molar-refractivity contribution in [1.29, 1.82) is 0 Å². The molecule has 0 saturated heterocycles. The molecule has 2 N–H and O–H groups in total. The van der Waals surface area contributed by atoms with Gasteiger partial charge in [0.2, 0.25) is 5.91 Å². The monoisotopic (exact) mass is 291 g/mol. The number of aliphatic hydroxyl groups is 1. The first-order valence-electron chi connectivity index (χ1n) is 7.20. The number of methoxy groups -OCH3 is 1. The van der Waals surface area contributed by atoms with Gasteiger partial charge in [-0.2, -0.15) is 0 Å². The first-order chi connectivity index (χ1) is 9.95. The number of rotatable bonds is 7. The van der Waals surface area contributed by atoms with E-state index < -0.39 is 0 Å². The number of carbonyl (C=O) groups is 1. The molecule has 0 saturated carbocycles. The largest absolute Gasteiger partial charge is 0.496 e. The summed E-state index contributed by atoms with van der Waals surface area (Å²) in [4.78, 5) is 12.2. The zero-order chi connectivity index (χ0) is 15.9. The summed E-state index contributed by atoms with van der Waals surface area (Å²) in [6, 6.07) is 7.59. The van der Waals surface area contributed by atoms with E-state index in [0.29, 0.717) is 6.42 Å². The van der Waals surface area contributed by atoms with Crippen LogP contribution in [-0.2, 0) is 4.79 Å². The third-order valence-electron chi connectivity index (χ3n) is 3.75. The van der Waals surface area contributed by atoms with E-state index in [2.05, 4.69) is 5.32 Å². The van der Waals surface area contributed by atoms with Crippen LogP contribution in [0.15, 0.2) is 30.3 Å². The second-order valence-electron chi connectivity index (χ2n) is 5.40. The summed E-state index contributed by atoms with van der Waals surface area (Å²) in [7, 11) is 1.61. The van der Waals surface area contributed by atoms with Crippen molar-refractivity contribution in [3.63, 3.8) is 0 Å². The molecule has 1 amide bonds. The minimum atomic E-state index is -0.386. The molecule has 0 spiro atoms. The minimum absolute atomic E-state index is 0.0554. The van der Waals surface area contributed by atoms with Gasteiger partial charge in [-0.25, -0.2) is 0 Å². The average molecular weight is 291 g/mol. The van der Waals surface area contributed by atoms with Crippen molar-refractivity contribution in [3.8, 4) is 5.75 Å². The normalized spacial score (nSPS) is 14.4. The van der Waals surface area contributed by atoms with Crippen LogP contribution in [0.2, 0.25) is 0 Å². The first kappa shape index (κ1) is 17.2. The van der Waals surface area contributed by atoms with Gasteiger partial charge in [0.15, 0.2) is 0 Å². The number of benzene rings is 1. The number of carbonyl (C=O) groups excluding carboxylic acids is 1. The number of nitrogens with one attached hydrogen (secondary N) is 1. The van der Waals surface area contributed by atoms with Crippen molar-refractivity contribution in [2.75, 3.05) is 13.7 Å². The maximum atomic E-state index is 12.2. The van der Waals surface area contributed by atoms with Crippen molar-refractivity contribution in [2.45, 2.75) is 39.2 Å². The number of aliphatic hydroxyl groups excluding tert-OH is 1. The number of amides is 1. The minimum Gasteiger partial charge on any atom is -0.496 e. The number of hydrogen-bond donors (Lipinski definition) is 2. The van der Waals surface area contributed by atoms with Crippen LogP contribution in [0.4, 0.5) is 0 Å². The predicted molar refractivity (Wildman–Crippen MR) is 85.2 cm³/mol. The Morgan fingerprint density at radius 3 is 2.67 bits per heavy atom. The van der Waals surface area contributed by atoms with Gasteiger partial charge in [-0.1, -0.05) is 25.1 Å². The summed E-state index contributed by atoms with van der Waals surface area (Å²) in [5, 5.41) is 12.1. The van der Waals surface area contributed by atoms with E-state index in [1.807, 2.05) is 45.0 Å². The Balaban J connectivity index is 2.89. The Morgan fingerprint density at radius 2 is 2.10 bits per heavy atom. The molecule has 0 bridgehead atoms. The van der Waals surface area contributed by atoms with Gasteiger partial charge in [0.25, 0.3) is 0 Å². The summed E-state index contributed by atoms with van der Waals surface area (Å²) in [6.45, 7) is 5.87. The highest BCUT2D eigenvalue weighted by atomic mass is 16.5. The molecule has 4 heteroatoms. The maximum absolute atomic E-state index is 12.2. The highest BCUT2D eigenvalue weighted by Gasteiger charge is 2.22. The van der Waals surface area contributed by atoms with Crippen molar-refractivity contribution in [3.05, 3.63) is 35.9 Å². The maximum Gasteiger partial charge on any atom is 0.244 e. The molecule has 21 heavy (non-hydrogen) atoms. The van der Waals surface area contributed by atoms with Crippen molar-refractivity contribution >= 4 is 11.5 Å². The molecule has 0 heterocycles. The van der Waals surface area contributed by atoms with Crippen LogP contribution in [-0.4, -0.2) is 30.3 Å². The van der Waals surface area contributed by atoms with Gasteiger partial charge in [-0.3, -0.25) is 4.79 Å². The average Bonchev–Trinajstić information content (AvgIpc) is 2.47. The lowest BCUT2D eigenvalue weighted by molar-refractivity contribution is -0.118. The van der Waals surface area contributed by atoms with Gasteiger partial charge in [-0.15, -0.1) is 0 Å². The van der Waals surface area contributed by atoms with E-state index in [-0.39, 0.29) is 18.1 Å². The molecule has 1 unspecified atom stereocenters. The molecule has 1 rings (SSSR count). The van der Waals surface area contributed by atoms with Gasteiger partial charge >= 0.3 is 0 Å². The Kier molecular flexibility index (Phi) is 6.43. The highest BCUT2D eigenvalue weighted by Crippen LogP contribution is 2.25. The number of hydrogen-bond acceptors (Lipinski definition) is 3. The van der Waals surface area contributed by atoms with Crippen LogP contribution >= 0.6 is 0 Å². The van der Waals surface area contributed by atoms with Gasteiger partial charge in [0.05, 0.1) is 7.11 Å². The Bertz CT molecular complexity index is 511. The van der Waals surface area contributed by atoms with Crippen LogP contribution in [0.3, 0.4) is 0 Å². The van der Waals surface area contributed by atoms with E-state index in [4.69, 9.17) is 9.84 Å². The summed E-state index contributed by atoms with van der Waals surface area (Å²) < 4.78 is 5.30. The third kappa shape index (κ3) is 4.90. The molecule has 116 valence electrons.